The second-order valence-corrected chi connectivity index (χ2v) is 10.2. The van der Waals surface area contributed by atoms with Crippen molar-refractivity contribution in [2.45, 2.75) is 64.5 Å². The van der Waals surface area contributed by atoms with Crippen molar-refractivity contribution in [3.63, 3.8) is 0 Å². The normalized spacial score (nSPS) is 13.2. The van der Waals surface area contributed by atoms with Gasteiger partial charge in [0.15, 0.2) is 0 Å². The van der Waals surface area contributed by atoms with E-state index in [9.17, 15) is 0 Å². The first-order valence-electron chi connectivity index (χ1n) is 8.43. The molecule has 2 aromatic carbocycles. The monoisotopic (exact) mass is 326 g/mol. The van der Waals surface area contributed by atoms with Crippen LogP contribution in [0.2, 0.25) is 0 Å². The Balaban J connectivity index is 2.34. The van der Waals surface area contributed by atoms with Gasteiger partial charge in [-0.05, 0) is 27.7 Å². The van der Waals surface area contributed by atoms with Crippen LogP contribution < -0.4 is 0 Å². The highest BCUT2D eigenvalue weighted by molar-refractivity contribution is 7.18. The van der Waals surface area contributed by atoms with E-state index in [4.69, 9.17) is 0 Å². The Morgan fingerprint density at radius 1 is 0.522 bits per heavy atom. The second-order valence-electron chi connectivity index (χ2n) is 8.75. The second kappa shape index (κ2) is 6.06. The maximum atomic E-state index is 2.92. The molecule has 124 valence electrons. The lowest BCUT2D eigenvalue weighted by Gasteiger charge is -2.28. The fraction of sp³-hybridized carbons (Fsp3) is 0.455. The molecule has 23 heavy (non-hydrogen) atoms. The van der Waals surface area contributed by atoms with Crippen LogP contribution in [0.15, 0.2) is 48.5 Å². The summed E-state index contributed by atoms with van der Waals surface area (Å²) in [5.74, 6) is 0. The Hall–Kier alpha value is -1.13. The quantitative estimate of drug-likeness (QED) is 0.571. The average molecular weight is 326 g/mol. The summed E-state index contributed by atoms with van der Waals surface area (Å²) >= 11 is 0. The molecule has 1 heteroatoms. The molecule has 2 rings (SSSR count). The van der Waals surface area contributed by atoms with E-state index in [1.807, 2.05) is 0 Å². The lowest BCUT2D eigenvalue weighted by atomic mass is 9.76. The van der Waals surface area contributed by atoms with Crippen molar-refractivity contribution in [3.8, 4) is 0 Å². The minimum atomic E-state index is 0.0139. The summed E-state index contributed by atoms with van der Waals surface area (Å²) in [7, 11) is 2.92. The van der Waals surface area contributed by atoms with Gasteiger partial charge in [-0.15, -0.1) is 9.24 Å². The molecule has 0 saturated heterocycles. The maximum absolute atomic E-state index is 2.92. The van der Waals surface area contributed by atoms with E-state index in [1.165, 1.54) is 22.3 Å². The summed E-state index contributed by atoms with van der Waals surface area (Å²) in [6, 6.07) is 18.2. The van der Waals surface area contributed by atoms with Crippen LogP contribution in [0, 0.1) is 0 Å². The number of hydrogen-bond acceptors (Lipinski definition) is 0. The van der Waals surface area contributed by atoms with Gasteiger partial charge in [-0.1, -0.05) is 97.0 Å². The standard InChI is InChI=1S/C22H31P/c1-20(2,3)16-8-10-17(11-9-16)21(4,5)18-12-14-19(15-13-18)22(6,7)23/h8-15H,23H2,1-7H3. The molecule has 0 aliphatic rings. The van der Waals surface area contributed by atoms with Gasteiger partial charge in [0.1, 0.15) is 0 Å². The molecule has 0 aliphatic carbocycles. The summed E-state index contributed by atoms with van der Waals surface area (Å²) in [6.45, 7) is 15.8. The topological polar surface area (TPSA) is 0 Å². The van der Waals surface area contributed by atoms with Gasteiger partial charge in [0.2, 0.25) is 0 Å². The van der Waals surface area contributed by atoms with Gasteiger partial charge in [-0.3, -0.25) is 0 Å². The van der Waals surface area contributed by atoms with E-state index in [2.05, 4.69) is 106 Å². The van der Waals surface area contributed by atoms with Crippen molar-refractivity contribution in [1.29, 1.82) is 0 Å². The third kappa shape index (κ3) is 4.04. The molecule has 0 N–H and O–H groups in total. The molecule has 0 fully saturated rings. The molecule has 1 unspecified atom stereocenters. The lowest BCUT2D eigenvalue weighted by Crippen LogP contribution is -2.20. The zero-order valence-electron chi connectivity index (χ0n) is 15.7. The Labute approximate surface area is 144 Å². The maximum Gasteiger partial charge on any atom is 0.0146 e. The van der Waals surface area contributed by atoms with E-state index >= 15 is 0 Å². The van der Waals surface area contributed by atoms with Crippen LogP contribution in [0.1, 0.15) is 70.7 Å². The summed E-state index contributed by atoms with van der Waals surface area (Å²) < 4.78 is 0. The lowest BCUT2D eigenvalue weighted by molar-refractivity contribution is 0.587. The van der Waals surface area contributed by atoms with Gasteiger partial charge in [0, 0.05) is 10.6 Å². The molecule has 0 heterocycles. The molecule has 0 aromatic heterocycles. The summed E-state index contributed by atoms with van der Waals surface area (Å²) in [5, 5.41) is 0.122. The van der Waals surface area contributed by atoms with Gasteiger partial charge in [-0.2, -0.15) is 0 Å². The molecular formula is C22H31P. The molecule has 0 spiro atoms. The van der Waals surface area contributed by atoms with Crippen molar-refractivity contribution >= 4 is 9.24 Å². The van der Waals surface area contributed by atoms with Gasteiger partial charge < -0.3 is 0 Å². The van der Waals surface area contributed by atoms with Crippen molar-refractivity contribution in [1.82, 2.24) is 0 Å². The van der Waals surface area contributed by atoms with E-state index < -0.39 is 0 Å². The fourth-order valence-electron chi connectivity index (χ4n) is 2.87. The smallest absolute Gasteiger partial charge is 0.0146 e. The predicted octanol–water partition coefficient (Wildman–Crippen LogP) is 6.42. The SMILES string of the molecule is CC(C)(C)c1ccc(C(C)(C)c2ccc(C(C)(C)P)cc2)cc1. The molecule has 1 atom stereocenters. The Bertz CT molecular complexity index is 588. The van der Waals surface area contributed by atoms with Gasteiger partial charge >= 0.3 is 0 Å². The molecule has 0 aliphatic heterocycles. The number of hydrogen-bond donors (Lipinski definition) is 0. The average Bonchev–Trinajstić information content (AvgIpc) is 2.46. The Morgan fingerprint density at radius 2 is 0.826 bits per heavy atom. The molecule has 0 nitrogen and oxygen atoms in total. The highest BCUT2D eigenvalue weighted by atomic mass is 31.0. The highest BCUT2D eigenvalue weighted by Gasteiger charge is 2.24. The van der Waals surface area contributed by atoms with Gasteiger partial charge in [-0.25, -0.2) is 0 Å². The Kier molecular flexibility index (Phi) is 4.80. The predicted molar refractivity (Wildman–Crippen MR) is 106 cm³/mol. The van der Waals surface area contributed by atoms with E-state index in [-0.39, 0.29) is 16.0 Å². The Morgan fingerprint density at radius 3 is 1.13 bits per heavy atom. The summed E-state index contributed by atoms with van der Waals surface area (Å²) in [5.41, 5.74) is 5.68. The zero-order chi connectivity index (χ0) is 17.5. The zero-order valence-corrected chi connectivity index (χ0v) is 16.9. The molecule has 0 amide bonds. The molecule has 2 aromatic rings. The third-order valence-electron chi connectivity index (χ3n) is 4.82. The van der Waals surface area contributed by atoms with Crippen LogP contribution in [0.25, 0.3) is 0 Å². The molecule has 0 bridgehead atoms. The van der Waals surface area contributed by atoms with Crippen molar-refractivity contribution in [2.24, 2.45) is 0 Å². The summed E-state index contributed by atoms with van der Waals surface area (Å²) in [4.78, 5) is 0. The van der Waals surface area contributed by atoms with Gasteiger partial charge in [0.25, 0.3) is 0 Å². The molecule has 0 radical (unpaired) electrons. The van der Waals surface area contributed by atoms with Crippen LogP contribution in [0.4, 0.5) is 0 Å². The first-order chi connectivity index (χ1) is 10.4. The fourth-order valence-corrected chi connectivity index (χ4v) is 3.06. The minimum Gasteiger partial charge on any atom is -0.127 e. The van der Waals surface area contributed by atoms with Crippen LogP contribution in [-0.2, 0) is 16.0 Å². The first kappa shape index (κ1) is 18.2. The first-order valence-corrected chi connectivity index (χ1v) is 9.01. The third-order valence-corrected chi connectivity index (χ3v) is 5.16. The van der Waals surface area contributed by atoms with E-state index in [0.29, 0.717) is 0 Å². The van der Waals surface area contributed by atoms with E-state index in [1.54, 1.807) is 0 Å². The van der Waals surface area contributed by atoms with Gasteiger partial charge in [0.05, 0.1) is 0 Å². The molecule has 0 saturated carbocycles. The van der Waals surface area contributed by atoms with Crippen LogP contribution in [-0.4, -0.2) is 0 Å². The van der Waals surface area contributed by atoms with Crippen molar-refractivity contribution < 1.29 is 0 Å². The van der Waals surface area contributed by atoms with Crippen LogP contribution in [0.5, 0.6) is 0 Å². The van der Waals surface area contributed by atoms with E-state index in [0.717, 1.165) is 0 Å². The van der Waals surface area contributed by atoms with Crippen molar-refractivity contribution in [2.75, 3.05) is 0 Å². The highest BCUT2D eigenvalue weighted by Crippen LogP contribution is 2.35. The minimum absolute atomic E-state index is 0.0139. The van der Waals surface area contributed by atoms with Crippen LogP contribution >= 0.6 is 9.24 Å². The number of rotatable bonds is 3. The largest absolute Gasteiger partial charge is 0.127 e. The van der Waals surface area contributed by atoms with Crippen LogP contribution in [0.3, 0.4) is 0 Å². The number of benzene rings is 2. The summed E-state index contributed by atoms with van der Waals surface area (Å²) in [6.07, 6.45) is 0. The molecular weight excluding hydrogens is 295 g/mol. The van der Waals surface area contributed by atoms with Crippen molar-refractivity contribution in [3.05, 3.63) is 70.8 Å².